The Morgan fingerprint density at radius 3 is 2.75 bits per heavy atom. The molecule has 0 saturated carbocycles. The minimum Gasteiger partial charge on any atom is -0.466 e. The lowest BCUT2D eigenvalue weighted by Gasteiger charge is -2.03. The van der Waals surface area contributed by atoms with E-state index in [2.05, 4.69) is 4.74 Å². The summed E-state index contributed by atoms with van der Waals surface area (Å²) in [5, 5.41) is 9.85. The van der Waals surface area contributed by atoms with Gasteiger partial charge in [-0.25, -0.2) is 0 Å². The van der Waals surface area contributed by atoms with Crippen LogP contribution in [-0.4, -0.2) is 17.5 Å². The fourth-order valence-corrected chi connectivity index (χ4v) is 0.552. The van der Waals surface area contributed by atoms with Gasteiger partial charge in [0.25, 0.3) is 0 Å². The highest BCUT2D eigenvalue weighted by atomic mass is 16.6. The third kappa shape index (κ3) is 4.43. The topological polar surface area (TPSA) is 69.4 Å². The van der Waals surface area contributed by atoms with Crippen LogP contribution in [0.4, 0.5) is 0 Å². The summed E-state index contributed by atoms with van der Waals surface area (Å²) in [5.41, 5.74) is 0. The number of rotatable bonds is 4. The number of nitrogens with zero attached hydrogens (tertiary/aromatic N) is 1. The second kappa shape index (κ2) is 5.29. The molecule has 5 nitrogen and oxygen atoms in total. The summed E-state index contributed by atoms with van der Waals surface area (Å²) < 4.78 is 4.62. The van der Waals surface area contributed by atoms with Crippen LogP contribution in [-0.2, 0) is 9.53 Å². The van der Waals surface area contributed by atoms with Gasteiger partial charge in [0.05, 0.1) is 17.4 Å². The molecule has 0 aliphatic heterocycles. The van der Waals surface area contributed by atoms with Crippen molar-refractivity contribution in [3.05, 3.63) is 22.4 Å². The van der Waals surface area contributed by atoms with E-state index in [1.807, 2.05) is 0 Å². The van der Waals surface area contributed by atoms with Crippen LogP contribution in [0.1, 0.15) is 13.8 Å². The summed E-state index contributed by atoms with van der Waals surface area (Å²) in [6, 6.07) is 0. The number of carbonyl (C=O) groups excluding carboxylic acids is 1. The van der Waals surface area contributed by atoms with Gasteiger partial charge >= 0.3 is 5.97 Å². The first-order valence-corrected chi connectivity index (χ1v) is 3.56. The van der Waals surface area contributed by atoms with Crippen LogP contribution in [0.2, 0.25) is 0 Å². The van der Waals surface area contributed by atoms with Crippen molar-refractivity contribution in [3.8, 4) is 0 Å². The highest BCUT2D eigenvalue weighted by Crippen LogP contribution is 2.00. The van der Waals surface area contributed by atoms with E-state index in [1.54, 1.807) is 6.92 Å². The molecule has 0 heterocycles. The molecule has 1 atom stereocenters. The molecule has 0 aromatic heterocycles. The summed E-state index contributed by atoms with van der Waals surface area (Å²) in [5.74, 6) is -1.01. The fourth-order valence-electron chi connectivity index (χ4n) is 0.552. The van der Waals surface area contributed by atoms with Crippen molar-refractivity contribution in [2.75, 3.05) is 6.61 Å². The Morgan fingerprint density at radius 1 is 1.75 bits per heavy atom. The monoisotopic (exact) mass is 173 g/mol. The zero-order valence-electron chi connectivity index (χ0n) is 7.02. The second-order valence-corrected chi connectivity index (χ2v) is 2.17. The largest absolute Gasteiger partial charge is 0.466 e. The number of carbonyl (C=O) groups is 1. The first-order valence-electron chi connectivity index (χ1n) is 3.56. The Morgan fingerprint density at radius 2 is 2.33 bits per heavy atom. The molecule has 0 aromatic rings. The van der Waals surface area contributed by atoms with Crippen LogP contribution >= 0.6 is 0 Å². The van der Waals surface area contributed by atoms with Crippen molar-refractivity contribution < 1.29 is 14.5 Å². The van der Waals surface area contributed by atoms with Crippen molar-refractivity contribution in [3.63, 3.8) is 0 Å². The molecule has 0 spiro atoms. The summed E-state index contributed by atoms with van der Waals surface area (Å²) in [6.45, 7) is 3.51. The maximum atomic E-state index is 10.9. The minimum absolute atomic E-state index is 0.287. The normalized spacial score (nSPS) is 12.8. The van der Waals surface area contributed by atoms with Crippen LogP contribution in [0.3, 0.4) is 0 Å². The Hall–Kier alpha value is -1.39. The van der Waals surface area contributed by atoms with Crippen LogP contribution in [0, 0.1) is 16.0 Å². The molecule has 0 rings (SSSR count). The summed E-state index contributed by atoms with van der Waals surface area (Å²) in [6.07, 6.45) is 1.93. The van der Waals surface area contributed by atoms with Gasteiger partial charge in [-0.15, -0.1) is 0 Å². The molecule has 0 aliphatic carbocycles. The van der Waals surface area contributed by atoms with E-state index in [0.717, 1.165) is 6.20 Å². The molecule has 0 fully saturated rings. The first kappa shape index (κ1) is 10.6. The maximum Gasteiger partial charge on any atom is 0.312 e. The van der Waals surface area contributed by atoms with E-state index in [0.29, 0.717) is 0 Å². The van der Waals surface area contributed by atoms with E-state index in [1.165, 1.54) is 13.0 Å². The van der Waals surface area contributed by atoms with E-state index < -0.39 is 16.8 Å². The van der Waals surface area contributed by atoms with Gasteiger partial charge in [-0.3, -0.25) is 14.9 Å². The molecule has 0 aliphatic rings. The van der Waals surface area contributed by atoms with Crippen LogP contribution < -0.4 is 0 Å². The third-order valence-electron chi connectivity index (χ3n) is 1.15. The number of esters is 1. The molecule has 0 radical (unpaired) electrons. The van der Waals surface area contributed by atoms with Gasteiger partial charge in [0, 0.05) is 0 Å². The quantitative estimate of drug-likeness (QED) is 0.361. The molecule has 1 unspecified atom stereocenters. The van der Waals surface area contributed by atoms with Crippen molar-refractivity contribution in [1.29, 1.82) is 0 Å². The molecule has 0 aromatic carbocycles. The van der Waals surface area contributed by atoms with Crippen LogP contribution in [0.15, 0.2) is 12.3 Å². The Balaban J connectivity index is 3.94. The van der Waals surface area contributed by atoms with Gasteiger partial charge in [0.2, 0.25) is 6.20 Å². The highest BCUT2D eigenvalue weighted by molar-refractivity contribution is 5.73. The molecule has 12 heavy (non-hydrogen) atoms. The van der Waals surface area contributed by atoms with E-state index in [9.17, 15) is 14.9 Å². The van der Waals surface area contributed by atoms with Gasteiger partial charge in [0.15, 0.2) is 0 Å². The summed E-state index contributed by atoms with van der Waals surface area (Å²) in [7, 11) is 0. The molecular weight excluding hydrogens is 162 g/mol. The molecule has 0 N–H and O–H groups in total. The zero-order valence-corrected chi connectivity index (χ0v) is 7.02. The first-order chi connectivity index (χ1) is 5.57. The number of hydrogen-bond acceptors (Lipinski definition) is 4. The van der Waals surface area contributed by atoms with Crippen LogP contribution in [0.5, 0.6) is 0 Å². The zero-order chi connectivity index (χ0) is 9.56. The van der Waals surface area contributed by atoms with Crippen molar-refractivity contribution in [1.82, 2.24) is 0 Å². The fraction of sp³-hybridized carbons (Fsp3) is 0.571. The third-order valence-corrected chi connectivity index (χ3v) is 1.15. The lowest BCUT2D eigenvalue weighted by atomic mass is 10.2. The molecule has 5 heteroatoms. The molecule has 0 amide bonds. The number of ether oxygens (including phenoxy) is 1. The van der Waals surface area contributed by atoms with Crippen molar-refractivity contribution >= 4 is 5.97 Å². The average molecular weight is 173 g/mol. The highest BCUT2D eigenvalue weighted by Gasteiger charge is 2.10. The minimum atomic E-state index is -0.615. The molecular formula is C7H11NO4. The lowest BCUT2D eigenvalue weighted by molar-refractivity contribution is -0.402. The average Bonchev–Trinajstić information content (AvgIpc) is 2.00. The Kier molecular flexibility index (Phi) is 4.67. The smallest absolute Gasteiger partial charge is 0.312 e. The van der Waals surface area contributed by atoms with E-state index in [4.69, 9.17) is 0 Å². The number of hydrogen-bond donors (Lipinski definition) is 0. The van der Waals surface area contributed by atoms with Crippen molar-refractivity contribution in [2.45, 2.75) is 13.8 Å². The van der Waals surface area contributed by atoms with Gasteiger partial charge in [-0.2, -0.15) is 0 Å². The van der Waals surface area contributed by atoms with Gasteiger partial charge in [-0.05, 0) is 19.9 Å². The predicted molar refractivity (Wildman–Crippen MR) is 41.9 cm³/mol. The second-order valence-electron chi connectivity index (χ2n) is 2.17. The van der Waals surface area contributed by atoms with Gasteiger partial charge in [-0.1, -0.05) is 0 Å². The maximum absolute atomic E-state index is 10.9. The summed E-state index contributed by atoms with van der Waals surface area (Å²) in [4.78, 5) is 20.1. The molecule has 0 bridgehead atoms. The van der Waals surface area contributed by atoms with E-state index >= 15 is 0 Å². The van der Waals surface area contributed by atoms with Gasteiger partial charge in [0.1, 0.15) is 0 Å². The standard InChI is InChI=1S/C7H11NO4/c1-3-12-7(9)6(2)4-5-8(10)11/h4-6H,3H2,1-2H3/b5-4-. The summed E-state index contributed by atoms with van der Waals surface area (Å²) >= 11 is 0. The Labute approximate surface area is 70.2 Å². The predicted octanol–water partition coefficient (Wildman–Crippen LogP) is 0.976. The molecule has 0 saturated heterocycles. The molecule has 68 valence electrons. The Bertz CT molecular complexity index is 200. The van der Waals surface area contributed by atoms with E-state index in [-0.39, 0.29) is 6.61 Å². The SMILES string of the molecule is CCOC(=O)C(C)/C=C\[N+](=O)[O-]. The van der Waals surface area contributed by atoms with Crippen LogP contribution in [0.25, 0.3) is 0 Å². The lowest BCUT2D eigenvalue weighted by Crippen LogP contribution is -2.12. The number of nitro groups is 1. The van der Waals surface area contributed by atoms with Gasteiger partial charge < -0.3 is 4.74 Å². The van der Waals surface area contributed by atoms with Crippen molar-refractivity contribution in [2.24, 2.45) is 5.92 Å².